The van der Waals surface area contributed by atoms with Crippen LogP contribution < -0.4 is 10.6 Å². The second kappa shape index (κ2) is 7.99. The van der Waals surface area contributed by atoms with Gasteiger partial charge in [-0.1, -0.05) is 35.3 Å². The fourth-order valence-electron chi connectivity index (χ4n) is 3.64. The first-order valence-corrected chi connectivity index (χ1v) is 9.92. The van der Waals surface area contributed by atoms with Crippen molar-refractivity contribution < 1.29 is 4.79 Å². The number of nitrogens with zero attached hydrogens (tertiary/aromatic N) is 2. The average Bonchev–Trinajstić information content (AvgIpc) is 3.06. The molecule has 2 aromatic carbocycles. The number of H-pyrrole nitrogens is 1. The summed E-state index contributed by atoms with van der Waals surface area (Å²) in [5, 5.41) is 6.82. The number of nitrogens with one attached hydrogen (secondary N) is 3. The number of hydrogen-bond acceptors (Lipinski definition) is 3. The number of fused-ring (bicyclic) bond motifs is 1. The summed E-state index contributed by atoms with van der Waals surface area (Å²) >= 11 is 12.0. The number of urea groups is 1. The van der Waals surface area contributed by atoms with Crippen LogP contribution in [-0.2, 0) is 0 Å². The number of piperidine rings is 1. The highest BCUT2D eigenvalue weighted by molar-refractivity contribution is 6.35. The minimum absolute atomic E-state index is 0.0454. The van der Waals surface area contributed by atoms with Crippen LogP contribution in [0.3, 0.4) is 0 Å². The van der Waals surface area contributed by atoms with E-state index in [2.05, 4.69) is 27.6 Å². The molecule has 28 heavy (non-hydrogen) atoms. The van der Waals surface area contributed by atoms with E-state index in [0.717, 1.165) is 36.2 Å². The van der Waals surface area contributed by atoms with Gasteiger partial charge in [0.2, 0.25) is 0 Å². The number of aromatic amines is 1. The van der Waals surface area contributed by atoms with Crippen molar-refractivity contribution in [2.75, 3.05) is 18.9 Å². The minimum atomic E-state index is -0.267. The van der Waals surface area contributed by atoms with Crippen LogP contribution in [0.1, 0.15) is 24.7 Å². The summed E-state index contributed by atoms with van der Waals surface area (Å²) in [4.78, 5) is 22.8. The Hall–Kier alpha value is -2.28. The highest BCUT2D eigenvalue weighted by atomic mass is 35.5. The Labute approximate surface area is 173 Å². The third-order valence-corrected chi connectivity index (χ3v) is 5.49. The van der Waals surface area contributed by atoms with E-state index < -0.39 is 0 Å². The van der Waals surface area contributed by atoms with Gasteiger partial charge in [0.15, 0.2) is 0 Å². The van der Waals surface area contributed by atoms with Gasteiger partial charge in [0, 0.05) is 28.3 Å². The predicted molar refractivity (Wildman–Crippen MR) is 113 cm³/mol. The molecule has 1 saturated heterocycles. The van der Waals surface area contributed by atoms with E-state index in [1.165, 1.54) is 0 Å². The molecule has 4 rings (SSSR count). The first kappa shape index (κ1) is 19.1. The third-order valence-electron chi connectivity index (χ3n) is 5.05. The first-order valence-electron chi connectivity index (χ1n) is 9.16. The van der Waals surface area contributed by atoms with Gasteiger partial charge in [-0.3, -0.25) is 4.90 Å². The highest BCUT2D eigenvalue weighted by Gasteiger charge is 2.30. The number of benzene rings is 2. The number of aromatic nitrogens is 2. The molecule has 1 aromatic heterocycles. The molecular formula is C20H21Cl2N5O. The van der Waals surface area contributed by atoms with Crippen molar-refractivity contribution in [1.82, 2.24) is 20.2 Å². The molecular weight excluding hydrogens is 397 g/mol. The van der Waals surface area contributed by atoms with Crippen LogP contribution >= 0.6 is 23.2 Å². The lowest BCUT2D eigenvalue weighted by molar-refractivity contribution is 0.153. The summed E-state index contributed by atoms with van der Waals surface area (Å²) in [6.07, 6.45) is 1.65. The maximum atomic E-state index is 12.4. The molecule has 3 aromatic rings. The quantitative estimate of drug-likeness (QED) is 0.571. The van der Waals surface area contributed by atoms with E-state index in [0.29, 0.717) is 15.7 Å². The maximum Gasteiger partial charge on any atom is 0.319 e. The number of hydrogen-bond donors (Lipinski definition) is 3. The summed E-state index contributed by atoms with van der Waals surface area (Å²) in [5.74, 6) is 0.928. The molecule has 146 valence electrons. The zero-order valence-corrected chi connectivity index (χ0v) is 16.9. The average molecular weight is 418 g/mol. The van der Waals surface area contributed by atoms with Gasteiger partial charge in [0.05, 0.1) is 17.1 Å². The largest absolute Gasteiger partial charge is 0.341 e. The molecule has 0 saturated carbocycles. The second-order valence-corrected chi connectivity index (χ2v) is 7.99. The van der Waals surface area contributed by atoms with Crippen LogP contribution in [0.25, 0.3) is 11.0 Å². The summed E-state index contributed by atoms with van der Waals surface area (Å²) in [6, 6.07) is 12.8. The number of rotatable bonds is 3. The molecule has 3 N–H and O–H groups in total. The summed E-state index contributed by atoms with van der Waals surface area (Å²) in [7, 11) is 2.09. The topological polar surface area (TPSA) is 73.1 Å². The molecule has 0 spiro atoms. The molecule has 1 fully saturated rings. The summed E-state index contributed by atoms with van der Waals surface area (Å²) in [6.45, 7) is 0.871. The van der Waals surface area contributed by atoms with Gasteiger partial charge in [-0.05, 0) is 50.2 Å². The Morgan fingerprint density at radius 1 is 1.21 bits per heavy atom. The first-order chi connectivity index (χ1) is 13.5. The van der Waals surface area contributed by atoms with Gasteiger partial charge in [0.1, 0.15) is 5.82 Å². The standard InChI is InChI=1S/C20H21Cl2N5O/c1-27-7-6-14(23-20(28)24-15-9-12(21)8-13(22)10-15)11-18(27)19-25-16-4-2-3-5-17(16)26-19/h2-5,8-10,14,18H,6-7,11H2,1H3,(H,25,26)(H2,23,24,28)/t14?,18-/m1/s1. The zero-order valence-electron chi connectivity index (χ0n) is 15.4. The minimum Gasteiger partial charge on any atom is -0.341 e. The number of carbonyl (C=O) groups is 1. The summed E-state index contributed by atoms with van der Waals surface area (Å²) < 4.78 is 0. The SMILES string of the molecule is CN1CCC(NC(=O)Nc2cc(Cl)cc(Cl)c2)C[C@@H]1c1nc2ccccc2[nH]1. The summed E-state index contributed by atoms with van der Waals surface area (Å²) in [5.41, 5.74) is 2.55. The molecule has 0 bridgehead atoms. The van der Waals surface area contributed by atoms with Crippen molar-refractivity contribution in [1.29, 1.82) is 0 Å². The number of para-hydroxylation sites is 2. The number of halogens is 2. The Morgan fingerprint density at radius 2 is 1.96 bits per heavy atom. The predicted octanol–water partition coefficient (Wildman–Crippen LogP) is 4.83. The van der Waals surface area contributed by atoms with E-state index in [1.807, 2.05) is 24.3 Å². The maximum absolute atomic E-state index is 12.4. The monoisotopic (exact) mass is 417 g/mol. The lowest BCUT2D eigenvalue weighted by Gasteiger charge is -2.36. The van der Waals surface area contributed by atoms with Crippen molar-refractivity contribution in [2.45, 2.75) is 24.9 Å². The van der Waals surface area contributed by atoms with Crippen LogP contribution in [0, 0.1) is 0 Å². The van der Waals surface area contributed by atoms with E-state index in [1.54, 1.807) is 18.2 Å². The molecule has 2 atom stereocenters. The van der Waals surface area contributed by atoms with Crippen molar-refractivity contribution in [2.24, 2.45) is 0 Å². The molecule has 2 amide bonds. The molecule has 0 radical (unpaired) electrons. The number of anilines is 1. The van der Waals surface area contributed by atoms with Gasteiger partial charge in [-0.25, -0.2) is 9.78 Å². The second-order valence-electron chi connectivity index (χ2n) is 7.11. The van der Waals surface area contributed by atoms with Crippen LogP contribution in [-0.4, -0.2) is 40.5 Å². The van der Waals surface area contributed by atoms with Gasteiger partial charge >= 0.3 is 6.03 Å². The molecule has 1 unspecified atom stereocenters. The van der Waals surface area contributed by atoms with Crippen LogP contribution in [0.5, 0.6) is 0 Å². The highest BCUT2D eigenvalue weighted by Crippen LogP contribution is 2.29. The number of amides is 2. The lowest BCUT2D eigenvalue weighted by atomic mass is 9.97. The van der Waals surface area contributed by atoms with Crippen molar-refractivity contribution >= 4 is 46.0 Å². The van der Waals surface area contributed by atoms with Gasteiger partial charge < -0.3 is 15.6 Å². The van der Waals surface area contributed by atoms with Crippen LogP contribution in [0.15, 0.2) is 42.5 Å². The van der Waals surface area contributed by atoms with Crippen molar-refractivity contribution in [3.05, 3.63) is 58.3 Å². The Bertz CT molecular complexity index is 952. The molecule has 2 heterocycles. The van der Waals surface area contributed by atoms with Gasteiger partial charge in [-0.2, -0.15) is 0 Å². The van der Waals surface area contributed by atoms with E-state index in [-0.39, 0.29) is 18.1 Å². The van der Waals surface area contributed by atoms with Crippen LogP contribution in [0.4, 0.5) is 10.5 Å². The smallest absolute Gasteiger partial charge is 0.319 e. The molecule has 1 aliphatic heterocycles. The molecule has 8 heteroatoms. The Kier molecular flexibility index (Phi) is 5.44. The normalized spacial score (nSPS) is 20.2. The zero-order chi connectivity index (χ0) is 19.7. The van der Waals surface area contributed by atoms with E-state index >= 15 is 0 Å². The fourth-order valence-corrected chi connectivity index (χ4v) is 4.17. The molecule has 6 nitrogen and oxygen atoms in total. The number of likely N-dealkylation sites (tertiary alicyclic amines) is 1. The van der Waals surface area contributed by atoms with Crippen molar-refractivity contribution in [3.8, 4) is 0 Å². The van der Waals surface area contributed by atoms with Crippen LogP contribution in [0.2, 0.25) is 10.0 Å². The van der Waals surface area contributed by atoms with E-state index in [9.17, 15) is 4.79 Å². The van der Waals surface area contributed by atoms with Crippen molar-refractivity contribution in [3.63, 3.8) is 0 Å². The Balaban J connectivity index is 1.43. The number of imidazole rings is 1. The number of carbonyl (C=O) groups excluding carboxylic acids is 1. The van der Waals surface area contributed by atoms with Gasteiger partial charge in [0.25, 0.3) is 0 Å². The lowest BCUT2D eigenvalue weighted by Crippen LogP contribution is -2.46. The van der Waals surface area contributed by atoms with E-state index in [4.69, 9.17) is 28.2 Å². The Morgan fingerprint density at radius 3 is 2.71 bits per heavy atom. The molecule has 0 aliphatic carbocycles. The van der Waals surface area contributed by atoms with Gasteiger partial charge in [-0.15, -0.1) is 0 Å². The molecule has 1 aliphatic rings. The third kappa shape index (κ3) is 4.24. The fraction of sp³-hybridized carbons (Fsp3) is 0.300.